The Bertz CT molecular complexity index is 7560. The van der Waals surface area contributed by atoms with E-state index in [1.54, 1.807) is 0 Å². The van der Waals surface area contributed by atoms with Gasteiger partial charge in [-0.2, -0.15) is 19.9 Å². The summed E-state index contributed by atoms with van der Waals surface area (Å²) < 4.78 is 14.3. The molecule has 504 valence electrons. The molecule has 0 saturated carbocycles. The van der Waals surface area contributed by atoms with Gasteiger partial charge in [0.25, 0.3) is 0 Å². The smallest absolute Gasteiger partial charge is 0.238 e. The first-order chi connectivity index (χ1) is 53.5. The molecule has 0 aliphatic heterocycles. The summed E-state index contributed by atoms with van der Waals surface area (Å²) >= 11 is 3.65. The van der Waals surface area contributed by atoms with Gasteiger partial charge in [-0.3, -0.25) is 9.13 Å². The van der Waals surface area contributed by atoms with Crippen molar-refractivity contribution in [2.24, 2.45) is 0 Å². The van der Waals surface area contributed by atoms with Crippen LogP contribution in [0.1, 0.15) is 0 Å². The third-order valence-electron chi connectivity index (χ3n) is 21.1. The molecule has 0 amide bonds. The number of hydrogen-bond donors (Lipinski definition) is 0. The molecule has 0 unspecified atom stereocenters. The molecule has 0 N–H and O–H groups in total. The van der Waals surface area contributed by atoms with Gasteiger partial charge >= 0.3 is 0 Å². The van der Waals surface area contributed by atoms with Gasteiger partial charge in [-0.25, -0.2) is 9.97 Å². The van der Waals surface area contributed by atoms with E-state index in [9.17, 15) is 0 Å². The Labute approximate surface area is 625 Å². The second kappa shape index (κ2) is 24.8. The highest BCUT2D eigenvalue weighted by Gasteiger charge is 2.25. The van der Waals surface area contributed by atoms with Crippen molar-refractivity contribution in [1.82, 2.24) is 48.2 Å². The van der Waals surface area contributed by atoms with E-state index in [0.29, 0.717) is 35.2 Å². The zero-order chi connectivity index (χ0) is 70.9. The number of fused-ring (bicyclic) bond motifs is 18. The molecule has 0 fully saturated rings. The van der Waals surface area contributed by atoms with Gasteiger partial charge in [0, 0.05) is 117 Å². The zero-order valence-corrected chi connectivity index (χ0v) is 59.4. The summed E-state index contributed by atoms with van der Waals surface area (Å²) in [6, 6.07) is 125. The Balaban J connectivity index is 0.000000135. The lowest BCUT2D eigenvalue weighted by atomic mass is 10.0. The Hall–Kier alpha value is -14.0. The topological polar surface area (TPSA) is 97.1 Å². The van der Waals surface area contributed by atoms with E-state index < -0.39 is 0 Å². The van der Waals surface area contributed by atoms with E-state index in [1.807, 2.05) is 59.1 Å². The van der Waals surface area contributed by atoms with Gasteiger partial charge in [-0.05, 0) is 126 Å². The van der Waals surface area contributed by atoms with E-state index >= 15 is 0 Å². The molecular formula is C96H58N10S2. The zero-order valence-electron chi connectivity index (χ0n) is 57.8. The maximum absolute atomic E-state index is 5.32. The average molecular weight is 1420 g/mol. The molecule has 8 aromatic heterocycles. The number of hydrogen-bond acceptors (Lipinski definition) is 8. The number of benzene rings is 15. The van der Waals surface area contributed by atoms with Crippen LogP contribution in [0.3, 0.4) is 0 Å². The third-order valence-corrected chi connectivity index (χ3v) is 23.4. The van der Waals surface area contributed by atoms with Crippen molar-refractivity contribution in [2.75, 3.05) is 0 Å². The first-order valence-electron chi connectivity index (χ1n) is 36.1. The lowest BCUT2D eigenvalue weighted by molar-refractivity contribution is 0.953. The molecule has 0 spiro atoms. The first-order valence-corrected chi connectivity index (χ1v) is 37.8. The fraction of sp³-hybridized carbons (Fsp3) is 0. The van der Waals surface area contributed by atoms with Crippen LogP contribution >= 0.6 is 22.7 Å². The molecule has 15 aromatic carbocycles. The fourth-order valence-electron chi connectivity index (χ4n) is 16.2. The van der Waals surface area contributed by atoms with Gasteiger partial charge in [-0.15, -0.1) is 22.7 Å². The fourth-order valence-corrected chi connectivity index (χ4v) is 18.5. The summed E-state index contributed by atoms with van der Waals surface area (Å²) in [7, 11) is 0. The molecule has 23 aromatic rings. The molecule has 0 radical (unpaired) electrons. The largest absolute Gasteiger partial charge is 0.309 e. The van der Waals surface area contributed by atoms with Gasteiger partial charge in [-0.1, -0.05) is 237 Å². The van der Waals surface area contributed by atoms with Crippen molar-refractivity contribution in [3.8, 4) is 79.9 Å². The molecule has 10 nitrogen and oxygen atoms in total. The standard InChI is InChI=1S/C51H31N5S.C45H27N5S/c1-3-14-32(15-4-1)49-52-50(35-17-13-16-33(28-35)34-26-27-40-39-22-9-12-25-47(39)57-48(40)29-34)54-51(53-49)56-44-24-11-8-21-38(44)42-30-41-37-20-7-10-23-43(37)55(45(41)31-46(42)56)36-18-5-2-6-19-36;1-3-13-28(14-4-1)43-46-44(29-23-24-42-36(25-29)33-19-9-12-22-41(33)51-42)48-45(47-43)50-38-21-11-8-18-32(38)35-26-34-31-17-7-10-20-37(31)49(39(34)27-40(35)50)30-15-5-2-6-16-30/h1-31H;1-27H. The molecule has 23 rings (SSSR count). The summed E-state index contributed by atoms with van der Waals surface area (Å²) in [5, 5.41) is 14.5. The van der Waals surface area contributed by atoms with Gasteiger partial charge < -0.3 is 9.13 Å². The second-order valence-corrected chi connectivity index (χ2v) is 29.5. The first kappa shape index (κ1) is 61.4. The number of nitrogens with zero attached hydrogens (tertiary/aromatic N) is 10. The Morgan fingerprint density at radius 1 is 0.167 bits per heavy atom. The van der Waals surface area contributed by atoms with Crippen LogP contribution in [-0.4, -0.2) is 48.2 Å². The monoisotopic (exact) mass is 1410 g/mol. The van der Waals surface area contributed by atoms with Gasteiger partial charge in [0.1, 0.15) is 0 Å². The van der Waals surface area contributed by atoms with Gasteiger partial charge in [0.15, 0.2) is 23.3 Å². The van der Waals surface area contributed by atoms with E-state index in [2.05, 4.69) is 334 Å². The minimum Gasteiger partial charge on any atom is -0.309 e. The van der Waals surface area contributed by atoms with Crippen LogP contribution in [-0.2, 0) is 0 Å². The molecular weight excluding hydrogens is 1360 g/mol. The van der Waals surface area contributed by atoms with Crippen LogP contribution in [0.25, 0.3) is 208 Å². The maximum atomic E-state index is 5.32. The SMILES string of the molecule is c1ccc(-c2nc(-c3ccc4sc5ccccc5c4c3)nc(-n3c4ccccc4c4cc5c6ccccc6n(-c6ccccc6)c5cc43)n2)cc1.c1ccc(-c2nc(-c3cccc(-c4ccc5c(c4)sc4ccccc45)c3)nc(-n3c4ccccc4c4cc5c6ccccc6n(-c6ccccc6)c5cc43)n2)cc1. The lowest BCUT2D eigenvalue weighted by Gasteiger charge is -2.12. The highest BCUT2D eigenvalue weighted by Crippen LogP contribution is 2.44. The van der Waals surface area contributed by atoms with Crippen LogP contribution in [0.15, 0.2) is 352 Å². The van der Waals surface area contributed by atoms with Crippen molar-refractivity contribution >= 4 is 150 Å². The third kappa shape index (κ3) is 9.99. The minimum atomic E-state index is 0.573. The molecule has 0 atom stereocenters. The number of aromatic nitrogens is 10. The van der Waals surface area contributed by atoms with E-state index in [-0.39, 0.29) is 0 Å². The summed E-state index contributed by atoms with van der Waals surface area (Å²) in [6.07, 6.45) is 0. The average Bonchev–Trinajstić information content (AvgIpc) is 1.56. The summed E-state index contributed by atoms with van der Waals surface area (Å²) in [5.74, 6) is 3.68. The highest BCUT2D eigenvalue weighted by atomic mass is 32.1. The Morgan fingerprint density at radius 2 is 0.491 bits per heavy atom. The van der Waals surface area contributed by atoms with E-state index in [4.69, 9.17) is 29.9 Å². The number of para-hydroxylation sites is 6. The highest BCUT2D eigenvalue weighted by molar-refractivity contribution is 7.26. The van der Waals surface area contributed by atoms with Crippen molar-refractivity contribution in [1.29, 1.82) is 0 Å². The molecule has 12 heteroatoms. The summed E-state index contributed by atoms with van der Waals surface area (Å²) in [4.78, 5) is 31.3. The number of rotatable bonds is 9. The van der Waals surface area contributed by atoms with Crippen molar-refractivity contribution in [3.63, 3.8) is 0 Å². The molecule has 108 heavy (non-hydrogen) atoms. The van der Waals surface area contributed by atoms with Crippen molar-refractivity contribution < 1.29 is 0 Å². The Kier molecular flexibility index (Phi) is 14.1. The number of thiophene rings is 2. The van der Waals surface area contributed by atoms with Crippen LogP contribution in [0.4, 0.5) is 0 Å². The van der Waals surface area contributed by atoms with E-state index in [0.717, 1.165) is 99.4 Å². The van der Waals surface area contributed by atoms with Crippen molar-refractivity contribution in [2.45, 2.75) is 0 Å². The minimum absolute atomic E-state index is 0.573. The summed E-state index contributed by atoms with van der Waals surface area (Å²) in [5.41, 5.74) is 17.0. The van der Waals surface area contributed by atoms with Crippen molar-refractivity contribution in [3.05, 3.63) is 352 Å². The van der Waals surface area contributed by atoms with Gasteiger partial charge in [0.2, 0.25) is 11.9 Å². The second-order valence-electron chi connectivity index (χ2n) is 27.4. The van der Waals surface area contributed by atoms with Crippen LogP contribution in [0.2, 0.25) is 0 Å². The molecule has 8 heterocycles. The van der Waals surface area contributed by atoms with Crippen LogP contribution in [0, 0.1) is 0 Å². The summed E-state index contributed by atoms with van der Waals surface area (Å²) in [6.45, 7) is 0. The van der Waals surface area contributed by atoms with Gasteiger partial charge in [0.05, 0.1) is 44.1 Å². The molecule has 0 aliphatic carbocycles. The van der Waals surface area contributed by atoms with Crippen LogP contribution < -0.4 is 0 Å². The van der Waals surface area contributed by atoms with Crippen LogP contribution in [0.5, 0.6) is 0 Å². The molecule has 0 saturated heterocycles. The maximum Gasteiger partial charge on any atom is 0.238 e. The lowest BCUT2D eigenvalue weighted by Crippen LogP contribution is -2.06. The quantitative estimate of drug-likeness (QED) is 0.143. The normalized spacial score (nSPS) is 11.9. The van der Waals surface area contributed by atoms with E-state index in [1.165, 1.54) is 72.9 Å². The predicted octanol–water partition coefficient (Wildman–Crippen LogP) is 25.2. The molecule has 0 bridgehead atoms. The predicted molar refractivity (Wildman–Crippen MR) is 450 cm³/mol. The molecule has 0 aliphatic rings. The Morgan fingerprint density at radius 3 is 0.972 bits per heavy atom.